The number of carbonyl (C=O) groups excluding carboxylic acids is 2. The first-order valence-corrected chi connectivity index (χ1v) is 10.2. The number of halogens is 2. The van der Waals surface area contributed by atoms with Crippen LogP contribution in [-0.4, -0.2) is 63.2 Å². The van der Waals surface area contributed by atoms with Gasteiger partial charge >= 0.3 is 5.97 Å². The number of hydrogen-bond donors (Lipinski definition) is 3. The highest BCUT2D eigenvalue weighted by Crippen LogP contribution is 2.33. The van der Waals surface area contributed by atoms with E-state index in [1.165, 1.54) is 9.80 Å². The van der Waals surface area contributed by atoms with Crippen molar-refractivity contribution in [1.29, 1.82) is 0 Å². The van der Waals surface area contributed by atoms with E-state index in [1.54, 1.807) is 24.3 Å². The highest BCUT2D eigenvalue weighted by molar-refractivity contribution is 9.10. The summed E-state index contributed by atoms with van der Waals surface area (Å²) in [4.78, 5) is 39.3. The Labute approximate surface area is 190 Å². The average Bonchev–Trinajstić information content (AvgIpc) is 3.01. The van der Waals surface area contributed by atoms with Gasteiger partial charge in [-0.3, -0.25) is 14.4 Å². The van der Waals surface area contributed by atoms with Crippen LogP contribution in [0.4, 0.5) is 0 Å². The highest BCUT2D eigenvalue weighted by atomic mass is 79.9. The lowest BCUT2D eigenvalue weighted by Gasteiger charge is -2.39. The zero-order valence-corrected chi connectivity index (χ0v) is 19.6. The van der Waals surface area contributed by atoms with Crippen LogP contribution in [0, 0.1) is 5.41 Å². The second kappa shape index (κ2) is 10.6. The molecular weight excluding hydrogens is 478 g/mol. The predicted octanol–water partition coefficient (Wildman–Crippen LogP) is 2.14. The summed E-state index contributed by atoms with van der Waals surface area (Å²) < 4.78 is 0.817. The number of aliphatic hydroxyl groups is 1. The molecule has 30 heavy (non-hydrogen) atoms. The summed E-state index contributed by atoms with van der Waals surface area (Å²) >= 11 is 3.34. The van der Waals surface area contributed by atoms with Gasteiger partial charge in [-0.15, -0.1) is 12.4 Å². The number of nitrogens with zero attached hydrogens (tertiary/aromatic N) is 2. The number of likely N-dealkylation sites (tertiary alicyclic amines) is 1. The molecule has 1 saturated heterocycles. The summed E-state index contributed by atoms with van der Waals surface area (Å²) in [7, 11) is 0. The third kappa shape index (κ3) is 6.16. The molecule has 0 unspecified atom stereocenters. The summed E-state index contributed by atoms with van der Waals surface area (Å²) in [6.45, 7) is 5.55. The molecule has 168 valence electrons. The van der Waals surface area contributed by atoms with E-state index in [2.05, 4.69) is 15.9 Å². The maximum absolute atomic E-state index is 13.0. The molecule has 4 N–H and O–H groups in total. The Morgan fingerprint density at radius 2 is 1.90 bits per heavy atom. The van der Waals surface area contributed by atoms with Gasteiger partial charge in [0.05, 0.1) is 24.6 Å². The molecule has 10 heteroatoms. The first-order chi connectivity index (χ1) is 13.5. The molecule has 8 nitrogen and oxygen atoms in total. The number of rotatable bonds is 7. The molecule has 2 amide bonds. The molecule has 0 saturated carbocycles. The number of aliphatic carboxylic acids is 1. The van der Waals surface area contributed by atoms with Crippen molar-refractivity contribution < 1.29 is 24.6 Å². The smallest absolute Gasteiger partial charge is 0.305 e. The number of amides is 2. The molecule has 1 aromatic rings. The topological polar surface area (TPSA) is 124 Å². The lowest BCUT2D eigenvalue weighted by molar-refractivity contribution is -0.145. The first-order valence-electron chi connectivity index (χ1n) is 9.39. The summed E-state index contributed by atoms with van der Waals surface area (Å²) in [5, 5.41) is 19.6. The van der Waals surface area contributed by atoms with Crippen molar-refractivity contribution in [2.45, 2.75) is 58.0 Å². The summed E-state index contributed by atoms with van der Waals surface area (Å²) in [6, 6.07) is 5.35. The van der Waals surface area contributed by atoms with Crippen molar-refractivity contribution in [3.8, 4) is 0 Å². The number of aliphatic hydroxyl groups excluding tert-OH is 1. The molecule has 0 aromatic heterocycles. The number of carboxylic acid groups (broad SMARTS) is 1. The van der Waals surface area contributed by atoms with Crippen molar-refractivity contribution in [3.63, 3.8) is 0 Å². The maximum Gasteiger partial charge on any atom is 0.305 e. The lowest BCUT2D eigenvalue weighted by atomic mass is 9.86. The number of carbonyl (C=O) groups is 3. The van der Waals surface area contributed by atoms with E-state index in [1.807, 2.05) is 20.8 Å². The van der Waals surface area contributed by atoms with E-state index in [4.69, 9.17) is 5.73 Å². The normalized spacial score (nSPS) is 20.8. The molecule has 0 spiro atoms. The quantitative estimate of drug-likeness (QED) is 0.487. The Morgan fingerprint density at radius 3 is 2.37 bits per heavy atom. The molecule has 2 rings (SSSR count). The van der Waals surface area contributed by atoms with Gasteiger partial charge in [-0.1, -0.05) is 48.8 Å². The molecule has 1 aliphatic heterocycles. The van der Waals surface area contributed by atoms with Crippen LogP contribution in [0.1, 0.15) is 45.2 Å². The molecule has 1 aromatic carbocycles. The van der Waals surface area contributed by atoms with Gasteiger partial charge in [-0.25, -0.2) is 0 Å². The van der Waals surface area contributed by atoms with Crippen LogP contribution >= 0.6 is 28.3 Å². The van der Waals surface area contributed by atoms with Crippen LogP contribution in [0.5, 0.6) is 0 Å². The largest absolute Gasteiger partial charge is 0.481 e. The van der Waals surface area contributed by atoms with E-state index >= 15 is 0 Å². The number of β-amino-alcohol motifs (C(OH)–C–C–N with tert-alkyl or cyclic N) is 1. The average molecular weight is 507 g/mol. The molecular formula is C20H29BrClN3O5. The zero-order chi connectivity index (χ0) is 21.9. The van der Waals surface area contributed by atoms with E-state index in [0.717, 1.165) is 4.47 Å². The fourth-order valence-electron chi connectivity index (χ4n) is 3.46. The molecule has 1 fully saturated rings. The van der Waals surface area contributed by atoms with Crippen LogP contribution in [0.2, 0.25) is 0 Å². The Balaban J connectivity index is 0.00000450. The Bertz CT molecular complexity index is 756. The molecule has 1 aliphatic rings. The third-order valence-corrected chi connectivity index (χ3v) is 5.71. The first kappa shape index (κ1) is 26.4. The van der Waals surface area contributed by atoms with Crippen LogP contribution in [0.15, 0.2) is 28.7 Å². The fourth-order valence-corrected chi connectivity index (χ4v) is 3.72. The van der Waals surface area contributed by atoms with Gasteiger partial charge in [-0.05, 0) is 23.1 Å². The predicted molar refractivity (Wildman–Crippen MR) is 118 cm³/mol. The molecule has 1 heterocycles. The Kier molecular flexibility index (Phi) is 9.28. The van der Waals surface area contributed by atoms with Gasteiger partial charge in [0.15, 0.2) is 0 Å². The zero-order valence-electron chi connectivity index (χ0n) is 17.2. The van der Waals surface area contributed by atoms with Gasteiger partial charge in [0.1, 0.15) is 6.17 Å². The summed E-state index contributed by atoms with van der Waals surface area (Å²) in [5.74, 6) is -1.46. The van der Waals surface area contributed by atoms with Crippen molar-refractivity contribution >= 4 is 46.6 Å². The van der Waals surface area contributed by atoms with E-state index in [-0.39, 0.29) is 37.7 Å². The van der Waals surface area contributed by atoms with E-state index < -0.39 is 35.7 Å². The van der Waals surface area contributed by atoms with Gasteiger partial charge in [0.2, 0.25) is 12.3 Å². The molecule has 0 radical (unpaired) electrons. The second-order valence-electron chi connectivity index (χ2n) is 8.42. The van der Waals surface area contributed by atoms with Crippen molar-refractivity contribution in [2.75, 3.05) is 6.54 Å². The van der Waals surface area contributed by atoms with E-state index in [9.17, 15) is 24.6 Å². The number of benzene rings is 1. The monoisotopic (exact) mass is 505 g/mol. The number of carboxylic acids is 1. The lowest BCUT2D eigenvalue weighted by Crippen LogP contribution is -2.56. The van der Waals surface area contributed by atoms with Crippen LogP contribution in [-0.2, 0) is 14.4 Å². The van der Waals surface area contributed by atoms with Crippen LogP contribution in [0.25, 0.3) is 0 Å². The minimum absolute atomic E-state index is 0. The van der Waals surface area contributed by atoms with Crippen molar-refractivity contribution in [2.24, 2.45) is 11.1 Å². The number of nitrogens with two attached hydrogens (primary N) is 1. The minimum Gasteiger partial charge on any atom is -0.481 e. The van der Waals surface area contributed by atoms with Gasteiger partial charge < -0.3 is 25.7 Å². The summed E-state index contributed by atoms with van der Waals surface area (Å²) in [5.41, 5.74) is 6.24. The maximum atomic E-state index is 13.0. The highest BCUT2D eigenvalue weighted by Gasteiger charge is 2.44. The Hall–Kier alpha value is -1.68. The Morgan fingerprint density at radius 1 is 1.33 bits per heavy atom. The molecule has 4 atom stereocenters. The molecule has 0 bridgehead atoms. The standard InChI is InChI=1S/C20H28BrN3O5.ClH/c1-20(2,3)18(22)19(29)23-10-14(26)8-16(23)24(11-25)15(9-17(27)28)12-4-6-13(21)7-5-12;/h4-7,11,14-16,18,26H,8-10,22H2,1-3H3,(H,27,28);1H/t14-,15+,16-,18+;/m1./s1. The second-order valence-corrected chi connectivity index (χ2v) is 9.34. The van der Waals surface area contributed by atoms with Gasteiger partial charge in [0.25, 0.3) is 0 Å². The minimum atomic E-state index is -1.08. The summed E-state index contributed by atoms with van der Waals surface area (Å²) in [6.07, 6.45) is -1.26. The third-order valence-electron chi connectivity index (χ3n) is 5.18. The molecule has 0 aliphatic carbocycles. The van der Waals surface area contributed by atoms with Crippen LogP contribution in [0.3, 0.4) is 0 Å². The van der Waals surface area contributed by atoms with Crippen molar-refractivity contribution in [1.82, 2.24) is 9.80 Å². The van der Waals surface area contributed by atoms with Gasteiger partial charge in [-0.2, -0.15) is 0 Å². The van der Waals surface area contributed by atoms with Gasteiger partial charge in [0, 0.05) is 17.4 Å². The fraction of sp³-hybridized carbons (Fsp3) is 0.550. The van der Waals surface area contributed by atoms with E-state index in [0.29, 0.717) is 12.0 Å². The van der Waals surface area contributed by atoms with Crippen molar-refractivity contribution in [3.05, 3.63) is 34.3 Å². The SMILES string of the molecule is CC(C)(C)[C@@H](N)C(=O)N1C[C@H](O)C[C@H]1N(C=O)[C@@H](CC(=O)O)c1ccc(Br)cc1.Cl. The number of hydrogen-bond acceptors (Lipinski definition) is 5. The van der Waals surface area contributed by atoms with Crippen LogP contribution < -0.4 is 5.73 Å².